The van der Waals surface area contributed by atoms with Gasteiger partial charge in [-0.1, -0.05) is 0 Å². The van der Waals surface area contributed by atoms with Gasteiger partial charge in [-0.2, -0.15) is 0 Å². The van der Waals surface area contributed by atoms with Gasteiger partial charge in [0.15, 0.2) is 0 Å². The van der Waals surface area contributed by atoms with Gasteiger partial charge in [0.05, 0.1) is 108 Å². The summed E-state index contributed by atoms with van der Waals surface area (Å²) in [6, 6.07) is 0. The molecule has 0 spiro atoms. The molecule has 0 amide bonds. The van der Waals surface area contributed by atoms with Gasteiger partial charge in [0.1, 0.15) is 26.2 Å². The molecule has 297 valence electrons. The SMILES string of the molecule is C[N+](C)(C)CC(=O)[O-].C[N+](C)(C)CC(=O)[O-].C[N+](C)(C)CC(=O)[O-].C[N+](C)(C)CC(=O)[O-].F[P-](F)(F)(F)(F)F.F[P-](F)(F)(F)(F)F.[Cu+2]. The van der Waals surface area contributed by atoms with Gasteiger partial charge in [0.25, 0.3) is 0 Å². The van der Waals surface area contributed by atoms with Crippen LogP contribution in [0.3, 0.4) is 0 Å². The molecule has 0 saturated carbocycles. The van der Waals surface area contributed by atoms with E-state index >= 15 is 0 Å². The third-order valence-corrected chi connectivity index (χ3v) is 2.41. The second-order valence-electron chi connectivity index (χ2n) is 13.2. The van der Waals surface area contributed by atoms with Crippen LogP contribution in [-0.4, -0.2) is 153 Å². The average molecular weight is 822 g/mol. The van der Waals surface area contributed by atoms with Crippen LogP contribution in [0.1, 0.15) is 0 Å². The molecule has 0 aliphatic heterocycles. The van der Waals surface area contributed by atoms with Crippen LogP contribution in [0, 0.1) is 0 Å². The van der Waals surface area contributed by atoms with E-state index < -0.39 is 39.5 Å². The number of aliphatic carboxylic acids is 4. The zero-order chi connectivity index (χ0) is 40.0. The molecule has 0 aliphatic rings. The van der Waals surface area contributed by atoms with Crippen molar-refractivity contribution in [2.45, 2.75) is 0 Å². The molecular weight excluding hydrogens is 778 g/mol. The molecule has 0 atom stereocenters. The van der Waals surface area contributed by atoms with Crippen LogP contribution in [0.5, 0.6) is 0 Å². The third-order valence-electron chi connectivity index (χ3n) is 2.41. The first-order valence-corrected chi connectivity index (χ1v) is 15.8. The van der Waals surface area contributed by atoms with Gasteiger partial charge in [-0.3, -0.25) is 0 Å². The Labute approximate surface area is 275 Å². The maximum atomic E-state index is 9.89. The first kappa shape index (κ1) is 60.6. The second kappa shape index (κ2) is 17.8. The van der Waals surface area contributed by atoms with Crippen LogP contribution in [0.25, 0.3) is 0 Å². The van der Waals surface area contributed by atoms with E-state index in [-0.39, 0.29) is 43.2 Å². The number of carboxylic acid groups (broad SMARTS) is 4. The van der Waals surface area contributed by atoms with Crippen LogP contribution in [0.2, 0.25) is 0 Å². The van der Waals surface area contributed by atoms with Crippen molar-refractivity contribution in [1.29, 1.82) is 0 Å². The molecule has 1 radical (unpaired) electrons. The number of carbonyl (C=O) groups excluding carboxylic acids is 4. The van der Waals surface area contributed by atoms with E-state index in [1.807, 2.05) is 0 Å². The summed E-state index contributed by atoms with van der Waals surface area (Å²) in [6.45, 7) is 0.278. The number of carbonyl (C=O) groups is 4. The Morgan fingerprint density at radius 2 is 0.426 bits per heavy atom. The zero-order valence-corrected chi connectivity index (χ0v) is 30.3. The molecule has 0 unspecified atom stereocenters. The smallest absolute Gasteiger partial charge is 2.00 e. The molecule has 12 nitrogen and oxygen atoms in total. The van der Waals surface area contributed by atoms with Crippen molar-refractivity contribution in [3.63, 3.8) is 0 Å². The van der Waals surface area contributed by atoms with Gasteiger partial charge in [-0.15, -0.1) is 0 Å². The fourth-order valence-corrected chi connectivity index (χ4v) is 1.55. The van der Waals surface area contributed by atoms with E-state index in [0.29, 0.717) is 17.9 Å². The number of carboxylic acids is 4. The molecule has 0 bridgehead atoms. The summed E-state index contributed by atoms with van der Waals surface area (Å²) in [4.78, 5) is 39.6. The Morgan fingerprint density at radius 1 is 0.362 bits per heavy atom. The van der Waals surface area contributed by atoms with Crippen molar-refractivity contribution < 1.29 is 125 Å². The van der Waals surface area contributed by atoms with Gasteiger partial charge in [0.2, 0.25) is 0 Å². The summed E-state index contributed by atoms with van der Waals surface area (Å²) in [7, 11) is 0.302. The van der Waals surface area contributed by atoms with Crippen LogP contribution in [0.15, 0.2) is 0 Å². The van der Waals surface area contributed by atoms with Crippen LogP contribution < -0.4 is 20.4 Å². The molecular formula is C20H44CuF12N4O8P2. The molecule has 0 aromatic rings. The normalized spacial score (nSPS) is 14.6. The summed E-state index contributed by atoms with van der Waals surface area (Å²) >= 11 is 0. The predicted octanol–water partition coefficient (Wildman–Crippen LogP) is 0.532. The van der Waals surface area contributed by atoms with E-state index in [1.165, 1.54) is 0 Å². The minimum atomic E-state index is -10.7. The van der Waals surface area contributed by atoms with Gasteiger partial charge < -0.3 is 57.5 Å². The Bertz CT molecular complexity index is 835. The van der Waals surface area contributed by atoms with E-state index in [1.54, 1.807) is 84.6 Å². The molecule has 0 heterocycles. The number of likely N-dealkylation sites (N-methyl/N-ethyl adjacent to an activating group) is 4. The Balaban J connectivity index is -0.0000000814. The summed E-state index contributed by atoms with van der Waals surface area (Å²) < 4.78 is 120. The standard InChI is InChI=1S/4C5H11NO2.Cu.2F6P/c4*1-6(2,3)4-5(7)8;;2*1-7(2,3,4,5)6/h4*4H2,1-3H3;;;/q;;;;+2;2*-1. The van der Waals surface area contributed by atoms with Gasteiger partial charge in [-0.25, -0.2) is 0 Å². The van der Waals surface area contributed by atoms with Crippen molar-refractivity contribution in [2.24, 2.45) is 0 Å². The average Bonchev–Trinajstić information content (AvgIpc) is 2.38. The fraction of sp³-hybridized carbons (Fsp3) is 0.800. The molecule has 47 heavy (non-hydrogen) atoms. The van der Waals surface area contributed by atoms with Gasteiger partial charge >= 0.3 is 83.0 Å². The molecule has 0 fully saturated rings. The van der Waals surface area contributed by atoms with E-state index in [2.05, 4.69) is 0 Å². The summed E-state index contributed by atoms with van der Waals surface area (Å²) in [6.07, 6.45) is 0. The van der Waals surface area contributed by atoms with E-state index in [0.717, 1.165) is 0 Å². The molecule has 0 rings (SSSR count). The quantitative estimate of drug-likeness (QED) is 0.149. The number of hydrogen-bond acceptors (Lipinski definition) is 8. The Morgan fingerprint density at radius 3 is 0.426 bits per heavy atom. The number of halogens is 12. The molecule has 0 aromatic carbocycles. The van der Waals surface area contributed by atoms with Gasteiger partial charge in [0, 0.05) is 0 Å². The number of rotatable bonds is 8. The van der Waals surface area contributed by atoms with Crippen LogP contribution in [0.4, 0.5) is 50.4 Å². The number of nitrogens with zero attached hydrogens (tertiary/aromatic N) is 4. The fourth-order valence-electron chi connectivity index (χ4n) is 1.55. The van der Waals surface area contributed by atoms with Crippen molar-refractivity contribution in [3.05, 3.63) is 0 Å². The minimum absolute atomic E-state index is 0. The minimum Gasteiger partial charge on any atom is 2.00 e. The predicted molar refractivity (Wildman–Crippen MR) is 139 cm³/mol. The first-order chi connectivity index (χ1) is 18.6. The topological polar surface area (TPSA) is 161 Å². The van der Waals surface area contributed by atoms with Crippen molar-refractivity contribution in [1.82, 2.24) is 0 Å². The number of quaternary nitrogens is 4. The first-order valence-electron chi connectivity index (χ1n) is 11.7. The maximum Gasteiger partial charge on any atom is 2.00 e. The second-order valence-corrected chi connectivity index (χ2v) is 17.0. The zero-order valence-electron chi connectivity index (χ0n) is 27.6. The Hall–Kier alpha value is -1.74. The maximum absolute atomic E-state index is 10.7. The van der Waals surface area contributed by atoms with E-state index in [9.17, 15) is 90.0 Å². The molecule has 0 aliphatic carbocycles. The monoisotopic (exact) mass is 821 g/mol. The van der Waals surface area contributed by atoms with Crippen molar-refractivity contribution in [3.8, 4) is 0 Å². The summed E-state index contributed by atoms with van der Waals surface area (Å²) in [5, 5.41) is 39.6. The van der Waals surface area contributed by atoms with Crippen LogP contribution >= 0.6 is 15.6 Å². The molecule has 0 aromatic heterocycles. The van der Waals surface area contributed by atoms with Crippen LogP contribution in [-0.2, 0) is 36.2 Å². The molecule has 0 N–H and O–H groups in total. The Kier molecular flexibility index (Phi) is 22.9. The summed E-state index contributed by atoms with van der Waals surface area (Å²) in [5.41, 5.74) is 0. The van der Waals surface area contributed by atoms with Crippen molar-refractivity contribution in [2.75, 3.05) is 111 Å². The number of hydrogen-bond donors (Lipinski definition) is 0. The molecule has 27 heteroatoms. The third kappa shape index (κ3) is 237. The van der Waals surface area contributed by atoms with E-state index in [4.69, 9.17) is 0 Å². The molecule has 0 saturated heterocycles. The summed E-state index contributed by atoms with van der Waals surface area (Å²) in [5.74, 6) is -4.01. The largest absolute Gasteiger partial charge is 2.00 e. The van der Waals surface area contributed by atoms with Gasteiger partial charge in [-0.05, 0) is 0 Å². The van der Waals surface area contributed by atoms with Crippen molar-refractivity contribution >= 4 is 39.5 Å².